The zero-order valence-corrected chi connectivity index (χ0v) is 12.9. The highest BCUT2D eigenvalue weighted by atomic mass is 16.5. The summed E-state index contributed by atoms with van der Waals surface area (Å²) in [6.45, 7) is 8.54. The SMILES string of the molecule is CC(C)CN(CCN)CC1CCC2(CCCCC2)O1. The Morgan fingerprint density at radius 3 is 2.58 bits per heavy atom. The Morgan fingerprint density at radius 2 is 1.95 bits per heavy atom. The van der Waals surface area contributed by atoms with Crippen molar-refractivity contribution in [2.45, 2.75) is 70.5 Å². The van der Waals surface area contributed by atoms with Crippen LogP contribution in [0.5, 0.6) is 0 Å². The molecule has 2 aliphatic rings. The zero-order chi connectivity index (χ0) is 13.7. The second-order valence-electron chi connectivity index (χ2n) is 6.96. The summed E-state index contributed by atoms with van der Waals surface area (Å²) in [5, 5.41) is 0. The van der Waals surface area contributed by atoms with E-state index in [4.69, 9.17) is 10.5 Å². The number of ether oxygens (including phenoxy) is 1. The summed E-state index contributed by atoms with van der Waals surface area (Å²) in [4.78, 5) is 2.50. The van der Waals surface area contributed by atoms with E-state index in [1.54, 1.807) is 0 Å². The Morgan fingerprint density at radius 1 is 1.21 bits per heavy atom. The molecule has 112 valence electrons. The van der Waals surface area contributed by atoms with Gasteiger partial charge in [-0.15, -0.1) is 0 Å². The second-order valence-corrected chi connectivity index (χ2v) is 6.96. The molecular formula is C16H32N2O. The molecule has 1 aliphatic heterocycles. The zero-order valence-electron chi connectivity index (χ0n) is 12.9. The molecule has 0 aromatic heterocycles. The molecule has 3 heteroatoms. The maximum Gasteiger partial charge on any atom is 0.0710 e. The molecule has 0 radical (unpaired) electrons. The van der Waals surface area contributed by atoms with Gasteiger partial charge in [-0.25, -0.2) is 0 Å². The van der Waals surface area contributed by atoms with E-state index in [9.17, 15) is 0 Å². The van der Waals surface area contributed by atoms with Gasteiger partial charge in [0.05, 0.1) is 11.7 Å². The monoisotopic (exact) mass is 268 g/mol. The lowest BCUT2D eigenvalue weighted by atomic mass is 9.83. The van der Waals surface area contributed by atoms with Crippen LogP contribution in [0, 0.1) is 5.92 Å². The summed E-state index contributed by atoms with van der Waals surface area (Å²) in [5.74, 6) is 0.705. The maximum atomic E-state index is 6.47. The van der Waals surface area contributed by atoms with Gasteiger partial charge in [-0.1, -0.05) is 33.1 Å². The van der Waals surface area contributed by atoms with Gasteiger partial charge in [-0.05, 0) is 31.6 Å². The van der Waals surface area contributed by atoms with Crippen LogP contribution in [0.15, 0.2) is 0 Å². The lowest BCUT2D eigenvalue weighted by Gasteiger charge is -2.34. The van der Waals surface area contributed by atoms with Crippen molar-refractivity contribution < 1.29 is 4.74 Å². The van der Waals surface area contributed by atoms with Gasteiger partial charge < -0.3 is 10.5 Å². The van der Waals surface area contributed by atoms with Crippen molar-refractivity contribution in [2.75, 3.05) is 26.2 Å². The molecule has 1 saturated carbocycles. The van der Waals surface area contributed by atoms with Crippen molar-refractivity contribution in [2.24, 2.45) is 11.7 Å². The van der Waals surface area contributed by atoms with E-state index in [1.807, 2.05) is 0 Å². The highest BCUT2D eigenvalue weighted by Gasteiger charge is 2.41. The summed E-state index contributed by atoms with van der Waals surface area (Å²) in [6, 6.07) is 0. The van der Waals surface area contributed by atoms with E-state index in [0.29, 0.717) is 12.0 Å². The second kappa shape index (κ2) is 7.05. The van der Waals surface area contributed by atoms with Gasteiger partial charge in [0.15, 0.2) is 0 Å². The number of nitrogens with two attached hydrogens (primary N) is 1. The molecule has 2 rings (SSSR count). The average Bonchev–Trinajstić information content (AvgIpc) is 2.72. The smallest absolute Gasteiger partial charge is 0.0710 e. The lowest BCUT2D eigenvalue weighted by Crippen LogP contribution is -2.40. The molecule has 1 saturated heterocycles. The molecule has 2 N–H and O–H groups in total. The molecule has 19 heavy (non-hydrogen) atoms. The summed E-state index contributed by atoms with van der Waals surface area (Å²) in [5.41, 5.74) is 5.99. The van der Waals surface area contributed by atoms with Crippen molar-refractivity contribution >= 4 is 0 Å². The van der Waals surface area contributed by atoms with Crippen LogP contribution in [0.4, 0.5) is 0 Å². The molecule has 0 aromatic carbocycles. The van der Waals surface area contributed by atoms with Crippen LogP contribution in [-0.4, -0.2) is 42.8 Å². The average molecular weight is 268 g/mol. The predicted octanol–water partition coefficient (Wildman–Crippen LogP) is 2.79. The Hall–Kier alpha value is -0.120. The minimum Gasteiger partial charge on any atom is -0.370 e. The van der Waals surface area contributed by atoms with Crippen molar-refractivity contribution in [1.82, 2.24) is 4.90 Å². The van der Waals surface area contributed by atoms with Gasteiger partial charge in [0, 0.05) is 26.2 Å². The molecular weight excluding hydrogens is 236 g/mol. The van der Waals surface area contributed by atoms with Crippen LogP contribution >= 0.6 is 0 Å². The van der Waals surface area contributed by atoms with E-state index < -0.39 is 0 Å². The quantitative estimate of drug-likeness (QED) is 0.805. The van der Waals surface area contributed by atoms with E-state index in [1.165, 1.54) is 44.9 Å². The first-order valence-corrected chi connectivity index (χ1v) is 8.24. The minimum absolute atomic E-state index is 0.259. The van der Waals surface area contributed by atoms with E-state index in [-0.39, 0.29) is 5.60 Å². The Bertz CT molecular complexity index is 261. The third kappa shape index (κ3) is 4.44. The molecule has 1 spiro atoms. The van der Waals surface area contributed by atoms with Gasteiger partial charge in [0.25, 0.3) is 0 Å². The summed E-state index contributed by atoms with van der Waals surface area (Å²) in [7, 11) is 0. The van der Waals surface area contributed by atoms with Crippen LogP contribution in [0.2, 0.25) is 0 Å². The van der Waals surface area contributed by atoms with Crippen LogP contribution in [-0.2, 0) is 4.74 Å². The third-order valence-electron chi connectivity index (χ3n) is 4.63. The van der Waals surface area contributed by atoms with Crippen molar-refractivity contribution in [3.05, 3.63) is 0 Å². The largest absolute Gasteiger partial charge is 0.370 e. The highest BCUT2D eigenvalue weighted by Crippen LogP contribution is 2.41. The van der Waals surface area contributed by atoms with Gasteiger partial charge in [0.2, 0.25) is 0 Å². The topological polar surface area (TPSA) is 38.5 Å². The molecule has 2 fully saturated rings. The standard InChI is InChI=1S/C16H32N2O/c1-14(2)12-18(11-10-17)13-15-6-9-16(19-15)7-4-3-5-8-16/h14-15H,3-13,17H2,1-2H3. The molecule has 1 atom stereocenters. The molecule has 1 unspecified atom stereocenters. The van der Waals surface area contributed by atoms with Crippen LogP contribution in [0.3, 0.4) is 0 Å². The first kappa shape index (κ1) is 15.3. The van der Waals surface area contributed by atoms with Gasteiger partial charge in [-0.3, -0.25) is 4.90 Å². The van der Waals surface area contributed by atoms with E-state index >= 15 is 0 Å². The number of hydrogen-bond acceptors (Lipinski definition) is 3. The first-order chi connectivity index (χ1) is 9.13. The van der Waals surface area contributed by atoms with Crippen molar-refractivity contribution in [3.8, 4) is 0 Å². The fraction of sp³-hybridized carbons (Fsp3) is 1.00. The molecule has 0 aromatic rings. The van der Waals surface area contributed by atoms with E-state index in [2.05, 4.69) is 18.7 Å². The normalized spacial score (nSPS) is 26.7. The van der Waals surface area contributed by atoms with Crippen LogP contribution < -0.4 is 5.73 Å². The lowest BCUT2D eigenvalue weighted by molar-refractivity contribution is -0.0721. The minimum atomic E-state index is 0.259. The maximum absolute atomic E-state index is 6.47. The molecule has 1 aliphatic carbocycles. The molecule has 0 bridgehead atoms. The fourth-order valence-corrected chi connectivity index (χ4v) is 3.83. The highest BCUT2D eigenvalue weighted by molar-refractivity contribution is 4.92. The summed E-state index contributed by atoms with van der Waals surface area (Å²) < 4.78 is 6.47. The Labute approximate surface area is 118 Å². The first-order valence-electron chi connectivity index (χ1n) is 8.24. The summed E-state index contributed by atoms with van der Waals surface area (Å²) in [6.07, 6.45) is 9.71. The predicted molar refractivity (Wildman–Crippen MR) is 80.3 cm³/mol. The molecule has 3 nitrogen and oxygen atoms in total. The molecule has 1 heterocycles. The van der Waals surface area contributed by atoms with Gasteiger partial charge in [-0.2, -0.15) is 0 Å². The van der Waals surface area contributed by atoms with Gasteiger partial charge in [0.1, 0.15) is 0 Å². The molecule has 0 amide bonds. The van der Waals surface area contributed by atoms with Crippen LogP contribution in [0.25, 0.3) is 0 Å². The number of hydrogen-bond donors (Lipinski definition) is 1. The Balaban J connectivity index is 1.81. The Kier molecular flexibility index (Phi) is 5.67. The van der Waals surface area contributed by atoms with Crippen LogP contribution in [0.1, 0.15) is 58.8 Å². The van der Waals surface area contributed by atoms with Gasteiger partial charge >= 0.3 is 0 Å². The number of rotatable bonds is 6. The van der Waals surface area contributed by atoms with Crippen molar-refractivity contribution in [1.29, 1.82) is 0 Å². The van der Waals surface area contributed by atoms with E-state index in [0.717, 1.165) is 26.2 Å². The fourth-order valence-electron chi connectivity index (χ4n) is 3.83. The number of nitrogens with zero attached hydrogens (tertiary/aromatic N) is 1. The third-order valence-corrected chi connectivity index (χ3v) is 4.63. The summed E-state index contributed by atoms with van der Waals surface area (Å²) >= 11 is 0. The van der Waals surface area contributed by atoms with Crippen molar-refractivity contribution in [3.63, 3.8) is 0 Å².